The van der Waals surface area contributed by atoms with Gasteiger partial charge in [0.05, 0.1) is 5.56 Å². The van der Waals surface area contributed by atoms with Crippen LogP contribution in [0.15, 0.2) is 24.3 Å². The van der Waals surface area contributed by atoms with Gasteiger partial charge in [0.1, 0.15) is 11.9 Å². The van der Waals surface area contributed by atoms with Crippen molar-refractivity contribution in [3.05, 3.63) is 41.1 Å². The van der Waals surface area contributed by atoms with Gasteiger partial charge in [0.2, 0.25) is 5.91 Å². The molecule has 1 aromatic heterocycles. The number of phenolic OH excluding ortho intramolecular Hbond substituents is 1. The number of aromatic hydroxyl groups is 1. The molecule has 166 valence electrons. The van der Waals surface area contributed by atoms with Crippen LogP contribution in [0.2, 0.25) is 0 Å². The van der Waals surface area contributed by atoms with Crippen molar-refractivity contribution in [2.24, 2.45) is 0 Å². The molecule has 4 N–H and O–H groups in total. The van der Waals surface area contributed by atoms with Crippen LogP contribution in [0.25, 0.3) is 0 Å². The zero-order chi connectivity index (χ0) is 22.4. The molecule has 1 aliphatic carbocycles. The molecule has 1 aliphatic rings. The molecule has 1 fully saturated rings. The number of carbonyl (C=O) groups is 3. The maximum atomic E-state index is 12.3. The van der Waals surface area contributed by atoms with Gasteiger partial charge in [-0.15, -0.1) is 0 Å². The van der Waals surface area contributed by atoms with Crippen LogP contribution in [0.4, 0.5) is 10.6 Å². The van der Waals surface area contributed by atoms with Crippen LogP contribution >= 0.6 is 0 Å². The summed E-state index contributed by atoms with van der Waals surface area (Å²) in [4.78, 5) is 34.9. The number of nitrogens with one attached hydrogen (secondary N) is 3. The number of rotatable bonds is 8. The topological polar surface area (TPSA) is 133 Å². The number of nitrogens with zero attached hydrogens (tertiary/aromatic N) is 1. The first-order chi connectivity index (χ1) is 14.8. The summed E-state index contributed by atoms with van der Waals surface area (Å²) in [5, 5.41) is 22.2. The number of phenols is 1. The van der Waals surface area contributed by atoms with Crippen LogP contribution in [0, 0.1) is 0 Å². The monoisotopic (exact) mass is 428 g/mol. The number of anilines is 1. The Hall–Kier alpha value is -3.36. The highest BCUT2D eigenvalue weighted by Crippen LogP contribution is 2.35. The molecular formula is C22H28N4O5. The predicted molar refractivity (Wildman–Crippen MR) is 114 cm³/mol. The molecule has 1 heterocycles. The standard InChI is InChI=1S/C22H28N4O5/c1-13(2)23-22(30)31-17-6-5-15(10-17)18-11-20(26-25-18)24-21(29)8-4-14-3-7-19(28)16(9-14)12-27/h3,7,9,11-13,15,17,28H,4-6,8,10H2,1-2H3,(H,23,30)(H2,24,25,26,29)/t15-,17?/m0/s1. The van der Waals surface area contributed by atoms with E-state index in [1.807, 2.05) is 19.9 Å². The van der Waals surface area contributed by atoms with E-state index in [2.05, 4.69) is 20.8 Å². The Labute approximate surface area is 180 Å². The minimum absolute atomic E-state index is 0.0320. The van der Waals surface area contributed by atoms with Crippen molar-refractivity contribution in [2.45, 2.75) is 64.0 Å². The van der Waals surface area contributed by atoms with Crippen molar-refractivity contribution >= 4 is 24.1 Å². The second kappa shape index (κ2) is 10.1. The summed E-state index contributed by atoms with van der Waals surface area (Å²) >= 11 is 0. The lowest BCUT2D eigenvalue weighted by Gasteiger charge is -2.14. The number of carbonyl (C=O) groups excluding carboxylic acids is 3. The smallest absolute Gasteiger partial charge is 0.407 e. The lowest BCUT2D eigenvalue weighted by molar-refractivity contribution is -0.116. The van der Waals surface area contributed by atoms with Crippen LogP contribution in [0.3, 0.4) is 0 Å². The van der Waals surface area contributed by atoms with Crippen molar-refractivity contribution in [1.29, 1.82) is 0 Å². The molecule has 9 nitrogen and oxygen atoms in total. The number of ether oxygens (including phenoxy) is 1. The zero-order valence-corrected chi connectivity index (χ0v) is 17.7. The first-order valence-corrected chi connectivity index (χ1v) is 10.4. The Morgan fingerprint density at radius 3 is 2.87 bits per heavy atom. The van der Waals surface area contributed by atoms with Gasteiger partial charge in [-0.2, -0.15) is 5.10 Å². The number of H-pyrrole nitrogens is 1. The molecule has 2 amide bonds. The number of hydrogen-bond donors (Lipinski definition) is 4. The second-order valence-corrected chi connectivity index (χ2v) is 8.10. The van der Waals surface area contributed by atoms with Crippen molar-refractivity contribution in [1.82, 2.24) is 15.5 Å². The van der Waals surface area contributed by atoms with Gasteiger partial charge in [0, 0.05) is 30.1 Å². The van der Waals surface area contributed by atoms with E-state index < -0.39 is 6.09 Å². The molecule has 0 radical (unpaired) electrons. The molecule has 3 rings (SSSR count). The minimum atomic E-state index is -0.396. The predicted octanol–water partition coefficient (Wildman–Crippen LogP) is 3.27. The van der Waals surface area contributed by atoms with Gasteiger partial charge in [0.25, 0.3) is 0 Å². The molecule has 9 heteroatoms. The van der Waals surface area contributed by atoms with Crippen molar-refractivity contribution in [3.8, 4) is 5.75 Å². The Morgan fingerprint density at radius 1 is 1.32 bits per heavy atom. The summed E-state index contributed by atoms with van der Waals surface area (Å²) in [5.41, 5.74) is 1.89. The number of benzene rings is 1. The van der Waals surface area contributed by atoms with E-state index in [0.717, 1.165) is 24.1 Å². The van der Waals surface area contributed by atoms with E-state index in [1.54, 1.807) is 12.1 Å². The Kier molecular flexibility index (Phi) is 7.28. The number of amides is 2. The van der Waals surface area contributed by atoms with Crippen LogP contribution in [-0.2, 0) is 16.0 Å². The first kappa shape index (κ1) is 22.3. The molecule has 1 aromatic carbocycles. The molecule has 31 heavy (non-hydrogen) atoms. The van der Waals surface area contributed by atoms with Crippen molar-refractivity contribution in [3.63, 3.8) is 0 Å². The average molecular weight is 428 g/mol. The van der Waals surface area contributed by atoms with Crippen LogP contribution in [-0.4, -0.2) is 45.7 Å². The molecule has 0 bridgehead atoms. The summed E-state index contributed by atoms with van der Waals surface area (Å²) in [5.74, 6) is 0.360. The third-order valence-corrected chi connectivity index (χ3v) is 5.23. The molecule has 0 saturated heterocycles. The van der Waals surface area contributed by atoms with Gasteiger partial charge in [-0.25, -0.2) is 4.79 Å². The van der Waals surface area contributed by atoms with Crippen LogP contribution < -0.4 is 10.6 Å². The van der Waals surface area contributed by atoms with Crippen LogP contribution in [0.1, 0.15) is 67.1 Å². The summed E-state index contributed by atoms with van der Waals surface area (Å²) in [6, 6.07) is 6.54. The minimum Gasteiger partial charge on any atom is -0.507 e. The van der Waals surface area contributed by atoms with E-state index in [-0.39, 0.29) is 41.7 Å². The van der Waals surface area contributed by atoms with Gasteiger partial charge in [0.15, 0.2) is 12.1 Å². The Bertz CT molecular complexity index is 940. The maximum absolute atomic E-state index is 12.3. The highest BCUT2D eigenvalue weighted by molar-refractivity contribution is 5.90. The SMILES string of the molecule is CC(C)NC(=O)OC1CC[C@H](c2cc(NC(=O)CCc3ccc(O)c(C=O)c3)n[nH]2)C1. The average Bonchev–Trinajstić information content (AvgIpc) is 3.36. The molecule has 1 saturated carbocycles. The lowest BCUT2D eigenvalue weighted by Crippen LogP contribution is -2.33. The zero-order valence-electron chi connectivity index (χ0n) is 17.7. The summed E-state index contributed by atoms with van der Waals surface area (Å²) < 4.78 is 5.45. The highest BCUT2D eigenvalue weighted by atomic mass is 16.6. The normalized spacial score (nSPS) is 18.0. The van der Waals surface area contributed by atoms with E-state index >= 15 is 0 Å². The van der Waals surface area contributed by atoms with Gasteiger partial charge >= 0.3 is 6.09 Å². The van der Waals surface area contributed by atoms with Gasteiger partial charge in [-0.3, -0.25) is 14.7 Å². The third-order valence-electron chi connectivity index (χ3n) is 5.23. The molecule has 2 atom stereocenters. The second-order valence-electron chi connectivity index (χ2n) is 8.10. The van der Waals surface area contributed by atoms with Crippen LogP contribution in [0.5, 0.6) is 5.75 Å². The lowest BCUT2D eigenvalue weighted by atomic mass is 10.0. The fraction of sp³-hybridized carbons (Fsp3) is 0.455. The number of alkyl carbamates (subject to hydrolysis) is 1. The number of aromatic nitrogens is 2. The van der Waals surface area contributed by atoms with E-state index in [0.29, 0.717) is 24.9 Å². The molecule has 2 aromatic rings. The summed E-state index contributed by atoms with van der Waals surface area (Å²) in [6.07, 6.45) is 3.07. The summed E-state index contributed by atoms with van der Waals surface area (Å²) in [7, 11) is 0. The number of aryl methyl sites for hydroxylation is 1. The van der Waals surface area contributed by atoms with E-state index in [9.17, 15) is 19.5 Å². The number of aldehydes is 1. The van der Waals surface area contributed by atoms with Gasteiger partial charge < -0.3 is 20.5 Å². The molecule has 1 unspecified atom stereocenters. The fourth-order valence-corrected chi connectivity index (χ4v) is 3.68. The highest BCUT2D eigenvalue weighted by Gasteiger charge is 2.30. The maximum Gasteiger partial charge on any atom is 0.407 e. The van der Waals surface area contributed by atoms with Gasteiger partial charge in [-0.1, -0.05) is 6.07 Å². The molecule has 0 spiro atoms. The number of aromatic amines is 1. The fourth-order valence-electron chi connectivity index (χ4n) is 3.68. The molecular weight excluding hydrogens is 400 g/mol. The largest absolute Gasteiger partial charge is 0.507 e. The van der Waals surface area contributed by atoms with E-state index in [1.165, 1.54) is 6.07 Å². The van der Waals surface area contributed by atoms with Crippen molar-refractivity contribution < 1.29 is 24.2 Å². The van der Waals surface area contributed by atoms with Crippen molar-refractivity contribution in [2.75, 3.05) is 5.32 Å². The Morgan fingerprint density at radius 2 is 2.13 bits per heavy atom. The molecule has 0 aliphatic heterocycles. The third kappa shape index (κ3) is 6.31. The number of hydrogen-bond acceptors (Lipinski definition) is 6. The van der Waals surface area contributed by atoms with E-state index in [4.69, 9.17) is 4.74 Å². The quantitative estimate of drug-likeness (QED) is 0.477. The summed E-state index contributed by atoms with van der Waals surface area (Å²) in [6.45, 7) is 3.76. The van der Waals surface area contributed by atoms with Gasteiger partial charge in [-0.05, 0) is 57.2 Å². The first-order valence-electron chi connectivity index (χ1n) is 10.4. The Balaban J connectivity index is 1.47.